The summed E-state index contributed by atoms with van der Waals surface area (Å²) in [6, 6.07) is 10.2. The number of pyridine rings is 1. The third kappa shape index (κ3) is 3.00. The Hall–Kier alpha value is -2.40. The van der Waals surface area contributed by atoms with Gasteiger partial charge in [0.05, 0.1) is 17.8 Å². The molecule has 3 heterocycles. The zero-order valence-corrected chi connectivity index (χ0v) is 14.8. The third-order valence-corrected chi connectivity index (χ3v) is 4.96. The number of rotatable bonds is 5. The van der Waals surface area contributed by atoms with E-state index in [0.717, 1.165) is 48.3 Å². The van der Waals surface area contributed by atoms with Crippen molar-refractivity contribution in [2.24, 2.45) is 0 Å². The third-order valence-electron chi connectivity index (χ3n) is 4.96. The molecule has 4 rings (SSSR count). The van der Waals surface area contributed by atoms with Gasteiger partial charge in [-0.3, -0.25) is 9.69 Å². The topological polar surface area (TPSA) is 51.3 Å². The zero-order chi connectivity index (χ0) is 17.4. The van der Waals surface area contributed by atoms with Gasteiger partial charge in [-0.25, -0.2) is 0 Å². The van der Waals surface area contributed by atoms with Gasteiger partial charge in [0.2, 0.25) is 0 Å². The Morgan fingerprint density at radius 2 is 2.16 bits per heavy atom. The number of para-hydroxylation sites is 1. The van der Waals surface area contributed by atoms with Crippen LogP contribution in [0.4, 0.5) is 0 Å². The minimum absolute atomic E-state index is 0.107. The summed E-state index contributed by atoms with van der Waals surface area (Å²) < 4.78 is 7.31. The van der Waals surface area contributed by atoms with Crippen LogP contribution >= 0.6 is 0 Å². The van der Waals surface area contributed by atoms with Crippen LogP contribution in [0.25, 0.3) is 10.9 Å². The molecule has 0 saturated carbocycles. The maximum Gasteiger partial charge on any atom is 0.251 e. The monoisotopic (exact) mass is 337 g/mol. The number of hydrogen-bond acceptors (Lipinski definition) is 4. The summed E-state index contributed by atoms with van der Waals surface area (Å²) in [7, 11) is 2.04. The smallest absolute Gasteiger partial charge is 0.251 e. The molecular formula is C20H23N3O2. The van der Waals surface area contributed by atoms with Crippen LogP contribution in [0.5, 0.6) is 0 Å². The van der Waals surface area contributed by atoms with Gasteiger partial charge in [-0.05, 0) is 37.4 Å². The lowest BCUT2D eigenvalue weighted by atomic mass is 9.98. The van der Waals surface area contributed by atoms with E-state index in [9.17, 15) is 4.79 Å². The Bertz CT molecular complexity index is 971. The highest BCUT2D eigenvalue weighted by atomic mass is 16.5. The zero-order valence-electron chi connectivity index (χ0n) is 14.8. The molecule has 3 aromatic rings. The summed E-state index contributed by atoms with van der Waals surface area (Å²) in [5.41, 5.74) is 4.57. The Labute approximate surface area is 146 Å². The van der Waals surface area contributed by atoms with Crippen LogP contribution in [0.3, 0.4) is 0 Å². The van der Waals surface area contributed by atoms with E-state index < -0.39 is 0 Å². The maximum atomic E-state index is 12.6. The van der Waals surface area contributed by atoms with Crippen molar-refractivity contribution in [3.8, 4) is 0 Å². The first-order valence-electron chi connectivity index (χ1n) is 8.93. The van der Waals surface area contributed by atoms with Crippen molar-refractivity contribution in [2.75, 3.05) is 7.05 Å². The largest absolute Gasteiger partial charge is 0.360 e. The fourth-order valence-corrected chi connectivity index (χ4v) is 3.78. The van der Waals surface area contributed by atoms with E-state index >= 15 is 0 Å². The minimum atomic E-state index is 0.107. The molecule has 25 heavy (non-hydrogen) atoms. The first-order chi connectivity index (χ1) is 12.2. The van der Waals surface area contributed by atoms with Gasteiger partial charge in [0, 0.05) is 30.6 Å². The summed E-state index contributed by atoms with van der Waals surface area (Å²) in [6.45, 7) is 4.27. The van der Waals surface area contributed by atoms with E-state index in [0.29, 0.717) is 13.1 Å². The number of hydrogen-bond donors (Lipinski definition) is 0. The molecule has 0 unspecified atom stereocenters. The van der Waals surface area contributed by atoms with Gasteiger partial charge in [0.1, 0.15) is 0 Å². The first-order valence-corrected chi connectivity index (χ1v) is 8.93. The lowest BCUT2D eigenvalue weighted by Gasteiger charge is -2.22. The Morgan fingerprint density at radius 1 is 1.28 bits per heavy atom. The highest BCUT2D eigenvalue weighted by Crippen LogP contribution is 2.26. The molecule has 0 saturated heterocycles. The molecule has 0 fully saturated rings. The molecule has 0 aliphatic carbocycles. The predicted molar refractivity (Wildman–Crippen MR) is 97.6 cm³/mol. The van der Waals surface area contributed by atoms with Gasteiger partial charge in [-0.15, -0.1) is 0 Å². The lowest BCUT2D eigenvalue weighted by Crippen LogP contribution is -2.26. The second kappa shape index (κ2) is 6.48. The molecule has 5 heteroatoms. The second-order valence-electron chi connectivity index (χ2n) is 6.89. The van der Waals surface area contributed by atoms with Crippen molar-refractivity contribution in [1.29, 1.82) is 0 Å². The molecule has 0 N–H and O–H groups in total. The van der Waals surface area contributed by atoms with Gasteiger partial charge in [0.25, 0.3) is 5.56 Å². The Kier molecular flexibility index (Phi) is 4.17. The van der Waals surface area contributed by atoms with Gasteiger partial charge >= 0.3 is 0 Å². The van der Waals surface area contributed by atoms with Crippen molar-refractivity contribution in [2.45, 2.75) is 45.8 Å². The van der Waals surface area contributed by atoms with Crippen molar-refractivity contribution < 1.29 is 4.52 Å². The van der Waals surface area contributed by atoms with Crippen molar-refractivity contribution >= 4 is 10.9 Å². The van der Waals surface area contributed by atoms with Crippen LogP contribution in [0.1, 0.15) is 35.9 Å². The number of benzene rings is 1. The van der Waals surface area contributed by atoms with Crippen LogP contribution in [0, 0.1) is 0 Å². The summed E-state index contributed by atoms with van der Waals surface area (Å²) in [5, 5.41) is 5.24. The average Bonchev–Trinajstić information content (AvgIpc) is 3.06. The van der Waals surface area contributed by atoms with Crippen molar-refractivity contribution in [3.63, 3.8) is 0 Å². The van der Waals surface area contributed by atoms with Crippen LogP contribution < -0.4 is 5.56 Å². The van der Waals surface area contributed by atoms with E-state index in [2.05, 4.69) is 35.2 Å². The molecule has 5 nitrogen and oxygen atoms in total. The first kappa shape index (κ1) is 16.1. The fraction of sp³-hybridized carbons (Fsp3) is 0.400. The summed E-state index contributed by atoms with van der Waals surface area (Å²) in [6.07, 6.45) is 2.96. The molecular weight excluding hydrogens is 314 g/mol. The van der Waals surface area contributed by atoms with Crippen LogP contribution in [0.2, 0.25) is 0 Å². The maximum absolute atomic E-state index is 12.6. The quantitative estimate of drug-likeness (QED) is 0.718. The average molecular weight is 337 g/mol. The van der Waals surface area contributed by atoms with Crippen molar-refractivity contribution in [3.05, 3.63) is 63.3 Å². The molecule has 1 aromatic carbocycles. The molecule has 0 amide bonds. The van der Waals surface area contributed by atoms with Crippen LogP contribution in [-0.4, -0.2) is 21.7 Å². The molecule has 1 aliphatic rings. The number of aryl methyl sites for hydroxylation is 3. The molecule has 0 atom stereocenters. The minimum Gasteiger partial charge on any atom is -0.360 e. The molecule has 0 bridgehead atoms. The summed E-state index contributed by atoms with van der Waals surface area (Å²) in [4.78, 5) is 14.7. The molecule has 0 spiro atoms. The van der Waals surface area contributed by atoms with Crippen LogP contribution in [-0.2, 0) is 32.5 Å². The second-order valence-corrected chi connectivity index (χ2v) is 6.89. The van der Waals surface area contributed by atoms with Gasteiger partial charge in [0.15, 0.2) is 5.76 Å². The van der Waals surface area contributed by atoms with E-state index in [1.807, 2.05) is 17.7 Å². The summed E-state index contributed by atoms with van der Waals surface area (Å²) >= 11 is 0. The van der Waals surface area contributed by atoms with Gasteiger partial charge in [-0.1, -0.05) is 30.3 Å². The normalized spacial score (nSPS) is 13.7. The number of aromatic nitrogens is 2. The Balaban J connectivity index is 1.65. The van der Waals surface area contributed by atoms with E-state index in [-0.39, 0.29) is 5.56 Å². The molecule has 1 aliphatic heterocycles. The van der Waals surface area contributed by atoms with Crippen LogP contribution in [0.15, 0.2) is 39.6 Å². The Morgan fingerprint density at radius 3 is 2.96 bits per heavy atom. The van der Waals surface area contributed by atoms with E-state index in [4.69, 9.17) is 4.52 Å². The molecule has 0 radical (unpaired) electrons. The lowest BCUT2D eigenvalue weighted by molar-refractivity contribution is 0.266. The standard InChI is InChI=1S/C20H23N3O2/c1-3-16-11-17(25-21-16)13-22(2)12-15-10-19(24)23-9-5-7-14-6-4-8-18(15)20(14)23/h4,6,8,10-11H,3,5,7,9,12-13H2,1-2H3. The molecule has 130 valence electrons. The fourth-order valence-electron chi connectivity index (χ4n) is 3.78. The van der Waals surface area contributed by atoms with Crippen molar-refractivity contribution in [1.82, 2.24) is 14.6 Å². The van der Waals surface area contributed by atoms with E-state index in [1.54, 1.807) is 6.07 Å². The highest BCUT2D eigenvalue weighted by molar-refractivity contribution is 5.86. The molecule has 2 aromatic heterocycles. The summed E-state index contributed by atoms with van der Waals surface area (Å²) in [5.74, 6) is 0.860. The van der Waals surface area contributed by atoms with Gasteiger partial charge < -0.3 is 9.09 Å². The highest BCUT2D eigenvalue weighted by Gasteiger charge is 2.17. The van der Waals surface area contributed by atoms with Gasteiger partial charge in [-0.2, -0.15) is 0 Å². The predicted octanol–water partition coefficient (Wildman–Crippen LogP) is 3.13. The SMILES string of the molecule is CCc1cc(CN(C)Cc2cc(=O)n3c4c(cccc24)CCC3)on1. The van der Waals surface area contributed by atoms with E-state index in [1.165, 1.54) is 10.9 Å². The number of nitrogens with zero attached hydrogens (tertiary/aromatic N) is 3.